The lowest BCUT2D eigenvalue weighted by Crippen LogP contribution is -2.24. The van der Waals surface area contributed by atoms with Crippen molar-refractivity contribution in [3.63, 3.8) is 0 Å². The number of carbonyl (C=O) groups excluding carboxylic acids is 1. The van der Waals surface area contributed by atoms with E-state index in [0.717, 1.165) is 0 Å². The minimum Gasteiger partial charge on any atom is -0.374 e. The average Bonchev–Trinajstić information content (AvgIpc) is 1.80. The highest BCUT2D eigenvalue weighted by Crippen LogP contribution is 2.13. The van der Waals surface area contributed by atoms with E-state index in [-0.39, 0.29) is 17.8 Å². The molecular weight excluding hydrogens is 128 g/mol. The van der Waals surface area contributed by atoms with E-state index in [0.29, 0.717) is 6.61 Å². The third-order valence-corrected chi connectivity index (χ3v) is 1.27. The van der Waals surface area contributed by atoms with Crippen molar-refractivity contribution in [1.82, 2.24) is 0 Å². The summed E-state index contributed by atoms with van der Waals surface area (Å²) >= 11 is 0. The Kier molecular flexibility index (Phi) is 3.58. The molecule has 0 radical (unpaired) electrons. The van der Waals surface area contributed by atoms with Crippen LogP contribution < -0.4 is 0 Å². The van der Waals surface area contributed by atoms with E-state index in [1.54, 1.807) is 0 Å². The molecule has 0 atom stereocenters. The molecule has 0 aliphatic rings. The molecule has 0 aromatic rings. The predicted molar refractivity (Wildman–Crippen MR) is 41.0 cm³/mol. The third-order valence-electron chi connectivity index (χ3n) is 1.27. The third kappa shape index (κ3) is 3.62. The van der Waals surface area contributed by atoms with Gasteiger partial charge in [0.15, 0.2) is 5.78 Å². The van der Waals surface area contributed by atoms with Crippen LogP contribution >= 0.6 is 0 Å². The minimum atomic E-state index is -0.255. The van der Waals surface area contributed by atoms with Gasteiger partial charge >= 0.3 is 0 Å². The molecule has 0 fully saturated rings. The second-order valence-electron chi connectivity index (χ2n) is 3.31. The number of hydrogen-bond donors (Lipinski definition) is 0. The summed E-state index contributed by atoms with van der Waals surface area (Å²) in [6, 6.07) is 0. The Bertz CT molecular complexity index is 111. The van der Waals surface area contributed by atoms with Crippen molar-refractivity contribution in [3.8, 4) is 0 Å². The van der Waals surface area contributed by atoms with Crippen LogP contribution in [0, 0.1) is 5.41 Å². The van der Waals surface area contributed by atoms with Gasteiger partial charge in [0.1, 0.15) is 6.61 Å². The summed E-state index contributed by atoms with van der Waals surface area (Å²) in [5, 5.41) is 0. The monoisotopic (exact) mass is 144 g/mol. The van der Waals surface area contributed by atoms with Crippen molar-refractivity contribution in [1.29, 1.82) is 0 Å². The molecule has 0 unspecified atom stereocenters. The fourth-order valence-corrected chi connectivity index (χ4v) is 0.411. The van der Waals surface area contributed by atoms with E-state index < -0.39 is 0 Å². The van der Waals surface area contributed by atoms with Gasteiger partial charge in [0.05, 0.1) is 0 Å². The molecule has 0 aliphatic heterocycles. The van der Waals surface area contributed by atoms with E-state index in [1.165, 1.54) is 0 Å². The van der Waals surface area contributed by atoms with Crippen LogP contribution in [0.4, 0.5) is 0 Å². The van der Waals surface area contributed by atoms with E-state index in [1.807, 2.05) is 27.7 Å². The normalized spacial score (nSPS) is 11.6. The number of rotatable bonds is 3. The highest BCUT2D eigenvalue weighted by atomic mass is 16.5. The first-order chi connectivity index (χ1) is 4.48. The van der Waals surface area contributed by atoms with Gasteiger partial charge < -0.3 is 4.74 Å². The lowest BCUT2D eigenvalue weighted by atomic mass is 9.91. The number of Topliss-reactive ketones (excluding diaryl/α,β-unsaturated/α-hetero) is 1. The Morgan fingerprint density at radius 2 is 1.90 bits per heavy atom. The van der Waals surface area contributed by atoms with Gasteiger partial charge in [0, 0.05) is 12.0 Å². The smallest absolute Gasteiger partial charge is 0.163 e. The molecule has 0 rings (SSSR count). The van der Waals surface area contributed by atoms with Gasteiger partial charge in [-0.1, -0.05) is 20.8 Å². The van der Waals surface area contributed by atoms with Crippen LogP contribution in [0.3, 0.4) is 0 Å². The molecule has 60 valence electrons. The summed E-state index contributed by atoms with van der Waals surface area (Å²) in [5.41, 5.74) is -0.255. The van der Waals surface area contributed by atoms with Gasteiger partial charge in [-0.05, 0) is 6.92 Å². The maximum absolute atomic E-state index is 11.1. The summed E-state index contributed by atoms with van der Waals surface area (Å²) in [6.45, 7) is 8.44. The first-order valence-electron chi connectivity index (χ1n) is 3.59. The van der Waals surface area contributed by atoms with Crippen molar-refractivity contribution >= 4 is 5.78 Å². The van der Waals surface area contributed by atoms with Crippen molar-refractivity contribution in [2.45, 2.75) is 27.7 Å². The summed E-state index contributed by atoms with van der Waals surface area (Å²) in [5.74, 6) is 0.161. The van der Waals surface area contributed by atoms with Crippen LogP contribution in [0.1, 0.15) is 27.7 Å². The van der Waals surface area contributed by atoms with Crippen LogP contribution in [0.2, 0.25) is 0 Å². The zero-order valence-electron chi connectivity index (χ0n) is 7.23. The number of carbonyl (C=O) groups is 1. The quantitative estimate of drug-likeness (QED) is 0.602. The highest BCUT2D eigenvalue weighted by molar-refractivity contribution is 5.84. The largest absolute Gasteiger partial charge is 0.374 e. The topological polar surface area (TPSA) is 26.3 Å². The molecule has 2 nitrogen and oxygen atoms in total. The Morgan fingerprint density at radius 3 is 2.20 bits per heavy atom. The second-order valence-corrected chi connectivity index (χ2v) is 3.31. The maximum Gasteiger partial charge on any atom is 0.163 e. The second kappa shape index (κ2) is 3.71. The van der Waals surface area contributed by atoms with Crippen LogP contribution in [0.5, 0.6) is 0 Å². The Morgan fingerprint density at radius 1 is 1.40 bits per heavy atom. The van der Waals surface area contributed by atoms with Gasteiger partial charge in [-0.3, -0.25) is 4.79 Å². The van der Waals surface area contributed by atoms with Crippen molar-refractivity contribution < 1.29 is 9.53 Å². The Labute approximate surface area is 62.6 Å². The molecule has 0 aromatic carbocycles. The van der Waals surface area contributed by atoms with Crippen molar-refractivity contribution in [2.75, 3.05) is 13.2 Å². The standard InChI is InChI=1S/C8H16O2/c1-5-10-6-7(9)8(2,3)4/h5-6H2,1-4H3. The van der Waals surface area contributed by atoms with Crippen LogP contribution in [0.15, 0.2) is 0 Å². The minimum absolute atomic E-state index is 0.161. The highest BCUT2D eigenvalue weighted by Gasteiger charge is 2.20. The molecule has 0 bridgehead atoms. The molecule has 10 heavy (non-hydrogen) atoms. The Hall–Kier alpha value is -0.370. The van der Waals surface area contributed by atoms with Gasteiger partial charge in [0.25, 0.3) is 0 Å². The first-order valence-corrected chi connectivity index (χ1v) is 3.59. The molecule has 0 saturated carbocycles. The molecule has 0 saturated heterocycles. The summed E-state index contributed by atoms with van der Waals surface area (Å²) in [4.78, 5) is 11.1. The SMILES string of the molecule is CCOCC(=O)C(C)(C)C. The molecule has 0 heterocycles. The van der Waals surface area contributed by atoms with Gasteiger partial charge in [-0.15, -0.1) is 0 Å². The molecule has 0 aliphatic carbocycles. The first kappa shape index (κ1) is 9.63. The lowest BCUT2D eigenvalue weighted by molar-refractivity contribution is -0.130. The van der Waals surface area contributed by atoms with Crippen molar-refractivity contribution in [3.05, 3.63) is 0 Å². The van der Waals surface area contributed by atoms with E-state index in [4.69, 9.17) is 4.74 Å². The fraction of sp³-hybridized carbons (Fsp3) is 0.875. The van der Waals surface area contributed by atoms with Crippen molar-refractivity contribution in [2.24, 2.45) is 5.41 Å². The van der Waals surface area contributed by atoms with E-state index in [2.05, 4.69) is 0 Å². The number of ether oxygens (including phenoxy) is 1. The molecule has 0 amide bonds. The molecule has 0 N–H and O–H groups in total. The summed E-state index contributed by atoms with van der Waals surface area (Å²) < 4.78 is 4.97. The summed E-state index contributed by atoms with van der Waals surface area (Å²) in [6.07, 6.45) is 0. The lowest BCUT2D eigenvalue weighted by Gasteiger charge is -2.15. The molecule has 2 heteroatoms. The Balaban J connectivity index is 3.64. The summed E-state index contributed by atoms with van der Waals surface area (Å²) in [7, 11) is 0. The zero-order valence-corrected chi connectivity index (χ0v) is 7.23. The number of hydrogen-bond acceptors (Lipinski definition) is 2. The van der Waals surface area contributed by atoms with E-state index in [9.17, 15) is 4.79 Å². The fourth-order valence-electron chi connectivity index (χ4n) is 0.411. The van der Waals surface area contributed by atoms with Gasteiger partial charge in [-0.2, -0.15) is 0 Å². The maximum atomic E-state index is 11.1. The van der Waals surface area contributed by atoms with Crippen LogP contribution in [-0.4, -0.2) is 19.0 Å². The molecule has 0 aromatic heterocycles. The van der Waals surface area contributed by atoms with Gasteiger partial charge in [-0.25, -0.2) is 0 Å². The predicted octanol–water partition coefficient (Wildman–Crippen LogP) is 1.64. The molecule has 0 spiro atoms. The molecular formula is C8H16O2. The zero-order chi connectivity index (χ0) is 8.20. The van der Waals surface area contributed by atoms with E-state index >= 15 is 0 Å². The van der Waals surface area contributed by atoms with Crippen LogP contribution in [-0.2, 0) is 9.53 Å². The van der Waals surface area contributed by atoms with Crippen LogP contribution in [0.25, 0.3) is 0 Å². The number of ketones is 1. The average molecular weight is 144 g/mol. The van der Waals surface area contributed by atoms with Gasteiger partial charge in [0.2, 0.25) is 0 Å².